The third-order valence-electron chi connectivity index (χ3n) is 0.753. The zero-order chi connectivity index (χ0) is 7.98. The minimum Gasteiger partial charge on any atom is -0.372 e. The third kappa shape index (κ3) is 5.24. The van der Waals surface area contributed by atoms with Gasteiger partial charge in [-0.1, -0.05) is 0 Å². The van der Waals surface area contributed by atoms with Crippen molar-refractivity contribution >= 4 is 11.8 Å². The van der Waals surface area contributed by atoms with E-state index in [0.717, 1.165) is 0 Å². The predicted octanol–water partition coefficient (Wildman–Crippen LogP) is -0.314. The first-order valence-corrected chi connectivity index (χ1v) is 3.05. The monoisotopic (exact) mass is 145 g/mol. The van der Waals surface area contributed by atoms with Crippen LogP contribution in [0.2, 0.25) is 0 Å². The van der Waals surface area contributed by atoms with E-state index in [9.17, 15) is 9.59 Å². The number of nitrogens with one attached hydrogen (secondary N) is 1. The minimum absolute atomic E-state index is 0.0456. The van der Waals surface area contributed by atoms with Crippen molar-refractivity contribution in [2.75, 3.05) is 13.2 Å². The molecular formula is C6H11NO3. The molecule has 0 aliphatic heterocycles. The standard InChI is InChI=1S/C6H11NO3/c1-3-10-4-6(9)7-5(2)8/h3-4H2,1-2H3,(H,7,8,9). The van der Waals surface area contributed by atoms with E-state index in [-0.39, 0.29) is 12.5 Å². The number of hydrogen-bond donors (Lipinski definition) is 1. The Bertz CT molecular complexity index is 133. The third-order valence-corrected chi connectivity index (χ3v) is 0.753. The second kappa shape index (κ2) is 4.93. The van der Waals surface area contributed by atoms with Crippen LogP contribution in [0.4, 0.5) is 0 Å². The summed E-state index contributed by atoms with van der Waals surface area (Å²) in [6.07, 6.45) is 0. The average Bonchev–Trinajstić information content (AvgIpc) is 1.82. The first kappa shape index (κ1) is 9.10. The van der Waals surface area contributed by atoms with E-state index in [1.54, 1.807) is 6.92 Å². The molecule has 0 aliphatic carbocycles. The summed E-state index contributed by atoms with van der Waals surface area (Å²) >= 11 is 0. The molecule has 0 rings (SSSR count). The van der Waals surface area contributed by atoms with Gasteiger partial charge >= 0.3 is 0 Å². The van der Waals surface area contributed by atoms with Crippen molar-refractivity contribution in [2.45, 2.75) is 13.8 Å². The predicted molar refractivity (Wildman–Crippen MR) is 35.3 cm³/mol. The topological polar surface area (TPSA) is 55.4 Å². The minimum atomic E-state index is -0.394. The lowest BCUT2D eigenvalue weighted by molar-refractivity contribution is -0.132. The van der Waals surface area contributed by atoms with Crippen molar-refractivity contribution in [2.24, 2.45) is 0 Å². The summed E-state index contributed by atoms with van der Waals surface area (Å²) in [5.74, 6) is -0.751. The van der Waals surface area contributed by atoms with E-state index in [1.165, 1.54) is 6.92 Å². The molecule has 0 radical (unpaired) electrons. The Morgan fingerprint density at radius 2 is 2.10 bits per heavy atom. The fourth-order valence-electron chi connectivity index (χ4n) is 0.427. The van der Waals surface area contributed by atoms with Crippen LogP contribution in [0.3, 0.4) is 0 Å². The average molecular weight is 145 g/mol. The summed E-state index contributed by atoms with van der Waals surface area (Å²) in [6, 6.07) is 0. The van der Waals surface area contributed by atoms with Gasteiger partial charge in [0.25, 0.3) is 5.91 Å². The van der Waals surface area contributed by atoms with Crippen molar-refractivity contribution in [3.63, 3.8) is 0 Å². The van der Waals surface area contributed by atoms with Crippen molar-refractivity contribution in [3.05, 3.63) is 0 Å². The molecule has 4 nitrogen and oxygen atoms in total. The molecule has 0 spiro atoms. The highest BCUT2D eigenvalue weighted by molar-refractivity contribution is 5.94. The van der Waals surface area contributed by atoms with Crippen molar-refractivity contribution in [1.29, 1.82) is 0 Å². The van der Waals surface area contributed by atoms with Crippen molar-refractivity contribution < 1.29 is 14.3 Å². The smallest absolute Gasteiger partial charge is 0.252 e. The van der Waals surface area contributed by atoms with Crippen LogP contribution in [0.15, 0.2) is 0 Å². The van der Waals surface area contributed by atoms with E-state index in [4.69, 9.17) is 4.74 Å². The summed E-state index contributed by atoms with van der Waals surface area (Å²) in [5, 5.41) is 2.07. The molecule has 0 fully saturated rings. The molecule has 0 atom stereocenters. The molecule has 0 unspecified atom stereocenters. The number of ether oxygens (including phenoxy) is 1. The van der Waals surface area contributed by atoms with Crippen LogP contribution in [0.25, 0.3) is 0 Å². The lowest BCUT2D eigenvalue weighted by Crippen LogP contribution is -2.31. The zero-order valence-corrected chi connectivity index (χ0v) is 6.14. The van der Waals surface area contributed by atoms with Gasteiger partial charge in [0.05, 0.1) is 0 Å². The molecule has 0 bridgehead atoms. The molecule has 1 N–H and O–H groups in total. The van der Waals surface area contributed by atoms with Crippen LogP contribution in [0, 0.1) is 0 Å². The zero-order valence-electron chi connectivity index (χ0n) is 6.14. The molecule has 0 aromatic carbocycles. The Labute approximate surface area is 59.6 Å². The number of rotatable bonds is 3. The van der Waals surface area contributed by atoms with Crippen LogP contribution in [-0.2, 0) is 14.3 Å². The summed E-state index contributed by atoms with van der Waals surface area (Å²) < 4.78 is 4.73. The maximum atomic E-state index is 10.6. The lowest BCUT2D eigenvalue weighted by Gasteiger charge is -1.99. The summed E-state index contributed by atoms with van der Waals surface area (Å²) in [7, 11) is 0. The van der Waals surface area contributed by atoms with Gasteiger partial charge in [-0.05, 0) is 6.92 Å². The highest BCUT2D eigenvalue weighted by Gasteiger charge is 2.00. The van der Waals surface area contributed by atoms with Crippen molar-refractivity contribution in [3.8, 4) is 0 Å². The highest BCUT2D eigenvalue weighted by atomic mass is 16.5. The van der Waals surface area contributed by atoms with Gasteiger partial charge in [0.1, 0.15) is 6.61 Å². The molecule has 0 saturated carbocycles. The number of carbonyl (C=O) groups excluding carboxylic acids is 2. The SMILES string of the molecule is CCOCC(=O)NC(C)=O. The number of amides is 2. The Kier molecular flexibility index (Phi) is 4.49. The Balaban J connectivity index is 3.35. The summed E-state index contributed by atoms with van der Waals surface area (Å²) in [5.41, 5.74) is 0. The Morgan fingerprint density at radius 1 is 1.50 bits per heavy atom. The molecule has 2 amide bonds. The van der Waals surface area contributed by atoms with Gasteiger partial charge in [0, 0.05) is 13.5 Å². The molecule has 0 saturated heterocycles. The van der Waals surface area contributed by atoms with Crippen LogP contribution in [-0.4, -0.2) is 25.0 Å². The second-order valence-corrected chi connectivity index (χ2v) is 1.74. The van der Waals surface area contributed by atoms with Crippen LogP contribution in [0.1, 0.15) is 13.8 Å². The molecular weight excluding hydrogens is 134 g/mol. The maximum Gasteiger partial charge on any atom is 0.252 e. The largest absolute Gasteiger partial charge is 0.372 e. The van der Waals surface area contributed by atoms with E-state index >= 15 is 0 Å². The molecule has 0 heterocycles. The van der Waals surface area contributed by atoms with Gasteiger partial charge in [-0.25, -0.2) is 0 Å². The van der Waals surface area contributed by atoms with E-state index in [2.05, 4.69) is 5.32 Å². The molecule has 4 heteroatoms. The first-order chi connectivity index (χ1) is 4.66. The summed E-state index contributed by atoms with van der Waals surface area (Å²) in [6.45, 7) is 3.49. The lowest BCUT2D eigenvalue weighted by atomic mass is 10.6. The van der Waals surface area contributed by atoms with Crippen LogP contribution < -0.4 is 5.32 Å². The van der Waals surface area contributed by atoms with Gasteiger partial charge in [-0.2, -0.15) is 0 Å². The van der Waals surface area contributed by atoms with Crippen molar-refractivity contribution in [1.82, 2.24) is 5.32 Å². The molecule has 0 aromatic heterocycles. The van der Waals surface area contributed by atoms with Gasteiger partial charge in [-0.3, -0.25) is 14.9 Å². The highest BCUT2D eigenvalue weighted by Crippen LogP contribution is 1.72. The summed E-state index contributed by atoms with van der Waals surface area (Å²) in [4.78, 5) is 20.8. The fraction of sp³-hybridized carbons (Fsp3) is 0.667. The Morgan fingerprint density at radius 3 is 2.50 bits per heavy atom. The first-order valence-electron chi connectivity index (χ1n) is 3.05. The number of hydrogen-bond acceptors (Lipinski definition) is 3. The van der Waals surface area contributed by atoms with Gasteiger partial charge in [0.2, 0.25) is 5.91 Å². The fourth-order valence-corrected chi connectivity index (χ4v) is 0.427. The van der Waals surface area contributed by atoms with Crippen LogP contribution >= 0.6 is 0 Å². The normalized spacial score (nSPS) is 9.00. The molecule has 10 heavy (non-hydrogen) atoms. The van der Waals surface area contributed by atoms with Gasteiger partial charge in [0.15, 0.2) is 0 Å². The van der Waals surface area contributed by atoms with Crippen LogP contribution in [0.5, 0.6) is 0 Å². The quantitative estimate of drug-likeness (QED) is 0.592. The van der Waals surface area contributed by atoms with Gasteiger partial charge in [-0.15, -0.1) is 0 Å². The maximum absolute atomic E-state index is 10.6. The van der Waals surface area contributed by atoms with Gasteiger partial charge < -0.3 is 4.74 Å². The van der Waals surface area contributed by atoms with E-state index < -0.39 is 5.91 Å². The molecule has 58 valence electrons. The van der Waals surface area contributed by atoms with E-state index in [1.807, 2.05) is 0 Å². The molecule has 0 aliphatic rings. The number of imide groups is 1. The number of carbonyl (C=O) groups is 2. The second-order valence-electron chi connectivity index (χ2n) is 1.74. The Hall–Kier alpha value is -0.900. The molecule has 0 aromatic rings. The van der Waals surface area contributed by atoms with E-state index in [0.29, 0.717) is 6.61 Å².